The molecule has 2 aromatic carbocycles. The SMILES string of the molecule is Clc1csc(CNc2ccccc2Cc2ccccc2)c1. The monoisotopic (exact) mass is 313 g/mol. The molecule has 0 aliphatic carbocycles. The second kappa shape index (κ2) is 6.79. The second-order valence-corrected chi connectivity index (χ2v) is 6.34. The van der Waals surface area contributed by atoms with Crippen molar-refractivity contribution in [3.05, 3.63) is 87.1 Å². The molecule has 3 rings (SSSR count). The van der Waals surface area contributed by atoms with Gasteiger partial charge in [-0.05, 0) is 29.7 Å². The minimum absolute atomic E-state index is 0.809. The maximum absolute atomic E-state index is 5.96. The molecule has 0 saturated heterocycles. The molecule has 3 heteroatoms. The van der Waals surface area contributed by atoms with Crippen LogP contribution < -0.4 is 5.32 Å². The summed E-state index contributed by atoms with van der Waals surface area (Å²) in [4.78, 5) is 1.24. The molecule has 0 atom stereocenters. The molecule has 1 N–H and O–H groups in total. The van der Waals surface area contributed by atoms with E-state index in [4.69, 9.17) is 11.6 Å². The van der Waals surface area contributed by atoms with Crippen molar-refractivity contribution in [2.75, 3.05) is 5.32 Å². The molecule has 0 radical (unpaired) electrons. The van der Waals surface area contributed by atoms with Crippen LogP contribution in [0.4, 0.5) is 5.69 Å². The highest BCUT2D eigenvalue weighted by atomic mass is 35.5. The van der Waals surface area contributed by atoms with Gasteiger partial charge in [-0.3, -0.25) is 0 Å². The van der Waals surface area contributed by atoms with Gasteiger partial charge in [0.2, 0.25) is 0 Å². The molecule has 0 fully saturated rings. The summed E-state index contributed by atoms with van der Waals surface area (Å²) in [6, 6.07) is 21.0. The second-order valence-electron chi connectivity index (χ2n) is 4.90. The van der Waals surface area contributed by atoms with Crippen molar-refractivity contribution in [1.29, 1.82) is 0 Å². The number of rotatable bonds is 5. The molecule has 0 aliphatic heterocycles. The van der Waals surface area contributed by atoms with E-state index in [0.29, 0.717) is 0 Å². The van der Waals surface area contributed by atoms with Crippen LogP contribution in [-0.2, 0) is 13.0 Å². The van der Waals surface area contributed by atoms with Gasteiger partial charge in [0.1, 0.15) is 0 Å². The molecule has 0 unspecified atom stereocenters. The van der Waals surface area contributed by atoms with Gasteiger partial charge in [-0.2, -0.15) is 0 Å². The molecule has 0 bridgehead atoms. The number of para-hydroxylation sites is 1. The van der Waals surface area contributed by atoms with E-state index >= 15 is 0 Å². The molecule has 0 saturated carbocycles. The van der Waals surface area contributed by atoms with Crippen LogP contribution in [0.2, 0.25) is 5.02 Å². The third kappa shape index (κ3) is 3.87. The molecular weight excluding hydrogens is 298 g/mol. The summed E-state index contributed by atoms with van der Waals surface area (Å²) in [5, 5.41) is 6.30. The number of nitrogens with one attached hydrogen (secondary N) is 1. The lowest BCUT2D eigenvalue weighted by Gasteiger charge is -2.11. The molecule has 106 valence electrons. The van der Waals surface area contributed by atoms with E-state index in [-0.39, 0.29) is 0 Å². The van der Waals surface area contributed by atoms with Crippen molar-refractivity contribution in [2.24, 2.45) is 0 Å². The van der Waals surface area contributed by atoms with E-state index in [9.17, 15) is 0 Å². The molecular formula is C18H16ClNS. The van der Waals surface area contributed by atoms with Crippen LogP contribution >= 0.6 is 22.9 Å². The minimum atomic E-state index is 0.809. The average Bonchev–Trinajstić information content (AvgIpc) is 2.93. The number of hydrogen-bond acceptors (Lipinski definition) is 2. The molecule has 0 aliphatic rings. The molecule has 1 heterocycles. The van der Waals surface area contributed by atoms with Crippen molar-refractivity contribution < 1.29 is 0 Å². The molecule has 1 aromatic heterocycles. The van der Waals surface area contributed by atoms with Crippen LogP contribution in [0.15, 0.2) is 66.0 Å². The first-order valence-corrected chi connectivity index (χ1v) is 8.15. The number of anilines is 1. The predicted octanol–water partition coefficient (Wildman–Crippen LogP) is 5.60. The lowest BCUT2D eigenvalue weighted by Crippen LogP contribution is -2.01. The maximum Gasteiger partial charge on any atom is 0.0516 e. The van der Waals surface area contributed by atoms with Crippen LogP contribution in [0, 0.1) is 0 Å². The number of halogens is 1. The smallest absolute Gasteiger partial charge is 0.0516 e. The lowest BCUT2D eigenvalue weighted by atomic mass is 10.0. The van der Waals surface area contributed by atoms with E-state index in [2.05, 4.69) is 53.8 Å². The third-order valence-electron chi connectivity index (χ3n) is 3.33. The first-order valence-electron chi connectivity index (χ1n) is 6.90. The van der Waals surface area contributed by atoms with Crippen molar-refractivity contribution in [3.8, 4) is 0 Å². The third-order valence-corrected chi connectivity index (χ3v) is 4.61. The molecule has 0 amide bonds. The van der Waals surface area contributed by atoms with Gasteiger partial charge < -0.3 is 5.32 Å². The lowest BCUT2D eigenvalue weighted by molar-refractivity contribution is 1.14. The van der Waals surface area contributed by atoms with Crippen LogP contribution in [0.5, 0.6) is 0 Å². The maximum atomic E-state index is 5.96. The highest BCUT2D eigenvalue weighted by molar-refractivity contribution is 7.10. The molecule has 0 spiro atoms. The van der Waals surface area contributed by atoms with E-state index in [1.54, 1.807) is 11.3 Å². The van der Waals surface area contributed by atoms with Gasteiger partial charge in [-0.1, -0.05) is 60.1 Å². The van der Waals surface area contributed by atoms with E-state index < -0.39 is 0 Å². The van der Waals surface area contributed by atoms with Crippen LogP contribution in [-0.4, -0.2) is 0 Å². The largest absolute Gasteiger partial charge is 0.380 e. The summed E-state index contributed by atoms with van der Waals surface area (Å²) in [6.45, 7) is 0.809. The molecule has 1 nitrogen and oxygen atoms in total. The highest BCUT2D eigenvalue weighted by Gasteiger charge is 2.04. The summed E-state index contributed by atoms with van der Waals surface area (Å²) < 4.78 is 0. The zero-order valence-electron chi connectivity index (χ0n) is 11.6. The van der Waals surface area contributed by atoms with Gasteiger partial charge >= 0.3 is 0 Å². The minimum Gasteiger partial charge on any atom is -0.380 e. The predicted molar refractivity (Wildman–Crippen MR) is 92.3 cm³/mol. The first kappa shape index (κ1) is 14.2. The fourth-order valence-electron chi connectivity index (χ4n) is 2.29. The van der Waals surface area contributed by atoms with Gasteiger partial charge in [0.25, 0.3) is 0 Å². The zero-order valence-corrected chi connectivity index (χ0v) is 13.1. The molecule has 3 aromatic rings. The quantitative estimate of drug-likeness (QED) is 0.646. The summed E-state index contributed by atoms with van der Waals surface area (Å²) in [6.07, 6.45) is 0.940. The Bertz CT molecular complexity index is 706. The van der Waals surface area contributed by atoms with Crippen molar-refractivity contribution in [3.63, 3.8) is 0 Å². The van der Waals surface area contributed by atoms with Gasteiger partial charge in [0, 0.05) is 22.5 Å². The fraction of sp³-hybridized carbons (Fsp3) is 0.111. The average molecular weight is 314 g/mol. The Balaban J connectivity index is 1.73. The molecule has 21 heavy (non-hydrogen) atoms. The Morgan fingerprint density at radius 3 is 2.48 bits per heavy atom. The van der Waals surface area contributed by atoms with Crippen molar-refractivity contribution in [1.82, 2.24) is 0 Å². The Labute approximate surface area is 134 Å². The van der Waals surface area contributed by atoms with Gasteiger partial charge in [-0.25, -0.2) is 0 Å². The summed E-state index contributed by atoms with van der Waals surface area (Å²) >= 11 is 7.65. The Morgan fingerprint density at radius 1 is 0.952 bits per heavy atom. The van der Waals surface area contributed by atoms with E-state index in [0.717, 1.165) is 18.0 Å². The van der Waals surface area contributed by atoms with Crippen LogP contribution in [0.1, 0.15) is 16.0 Å². The van der Waals surface area contributed by atoms with Crippen molar-refractivity contribution in [2.45, 2.75) is 13.0 Å². The fourth-order valence-corrected chi connectivity index (χ4v) is 3.30. The number of hydrogen-bond donors (Lipinski definition) is 1. The van der Waals surface area contributed by atoms with Gasteiger partial charge in [0.15, 0.2) is 0 Å². The summed E-state index contributed by atoms with van der Waals surface area (Å²) in [5.74, 6) is 0. The van der Waals surface area contributed by atoms with E-state index in [1.807, 2.05) is 17.5 Å². The Kier molecular flexibility index (Phi) is 4.59. The first-order chi connectivity index (χ1) is 10.3. The normalized spacial score (nSPS) is 10.5. The standard InChI is InChI=1S/C18H16ClNS/c19-16-11-17(21-13-16)12-20-18-9-5-4-8-15(18)10-14-6-2-1-3-7-14/h1-9,11,13,20H,10,12H2. The summed E-state index contributed by atoms with van der Waals surface area (Å²) in [7, 11) is 0. The zero-order chi connectivity index (χ0) is 14.5. The van der Waals surface area contributed by atoms with Gasteiger partial charge in [-0.15, -0.1) is 11.3 Å². The number of benzene rings is 2. The number of thiophene rings is 1. The topological polar surface area (TPSA) is 12.0 Å². The van der Waals surface area contributed by atoms with E-state index in [1.165, 1.54) is 21.7 Å². The van der Waals surface area contributed by atoms with Crippen LogP contribution in [0.25, 0.3) is 0 Å². The van der Waals surface area contributed by atoms with Crippen molar-refractivity contribution >= 4 is 28.6 Å². The van der Waals surface area contributed by atoms with Crippen LogP contribution in [0.3, 0.4) is 0 Å². The Morgan fingerprint density at radius 2 is 1.71 bits per heavy atom. The highest BCUT2D eigenvalue weighted by Crippen LogP contribution is 2.23. The Hall–Kier alpha value is -1.77. The van der Waals surface area contributed by atoms with Gasteiger partial charge in [0.05, 0.1) is 5.02 Å². The summed E-state index contributed by atoms with van der Waals surface area (Å²) in [5.41, 5.74) is 3.82.